The average molecular weight is 417 g/mol. The molecule has 5 nitrogen and oxygen atoms in total. The van der Waals surface area contributed by atoms with Crippen LogP contribution in [0.15, 0.2) is 42.0 Å². The third-order valence-corrected chi connectivity index (χ3v) is 5.05. The van der Waals surface area contributed by atoms with E-state index in [1.807, 2.05) is 18.2 Å². The Morgan fingerprint density at radius 3 is 2.17 bits per heavy atom. The second kappa shape index (κ2) is 12.6. The van der Waals surface area contributed by atoms with Crippen molar-refractivity contribution in [1.29, 1.82) is 0 Å². The first kappa shape index (κ1) is 24.2. The third kappa shape index (κ3) is 6.71. The zero-order chi connectivity index (χ0) is 21.8. The van der Waals surface area contributed by atoms with Crippen LogP contribution < -0.4 is 4.74 Å². The Kier molecular flexibility index (Phi) is 10.1. The van der Waals surface area contributed by atoms with Crippen LogP contribution in [0.3, 0.4) is 0 Å². The molecule has 0 unspecified atom stereocenters. The zero-order valence-electron chi connectivity index (χ0n) is 18.6. The molecule has 0 bridgehead atoms. The molecule has 5 heteroatoms. The number of Topliss-reactive ketones (excluding diaryl/α,β-unsaturated/α-hetero) is 1. The minimum atomic E-state index is -1.05. The van der Waals surface area contributed by atoms with Gasteiger partial charge in [-0.25, -0.2) is 0 Å². The van der Waals surface area contributed by atoms with Crippen LogP contribution in [0.4, 0.5) is 0 Å². The number of carbonyl (C=O) groups excluding carboxylic acids is 1. The number of ketones is 1. The number of unbranched alkanes of at least 4 members (excludes halogenated alkanes) is 3. The Morgan fingerprint density at radius 2 is 1.57 bits per heavy atom. The normalized spacial score (nSPS) is 17.2. The molecule has 0 atom stereocenters. The number of allylic oxidation sites excluding steroid dienone is 2. The molecule has 0 amide bonds. The fourth-order valence-corrected chi connectivity index (χ4v) is 3.17. The second-order valence-electron chi connectivity index (χ2n) is 7.61. The second-order valence-corrected chi connectivity index (χ2v) is 7.61. The number of aliphatic hydroxyl groups excluding tert-OH is 1. The smallest absolute Gasteiger partial charge is 0.195 e. The predicted molar refractivity (Wildman–Crippen MR) is 120 cm³/mol. The van der Waals surface area contributed by atoms with Gasteiger partial charge in [0.15, 0.2) is 11.6 Å². The summed E-state index contributed by atoms with van der Waals surface area (Å²) in [6.45, 7) is 7.90. The Balaban J connectivity index is 2.28. The van der Waals surface area contributed by atoms with Crippen molar-refractivity contribution in [2.24, 2.45) is 0 Å². The number of hydrogen-bond donors (Lipinski definition) is 1. The molecule has 1 aromatic rings. The lowest BCUT2D eigenvalue weighted by Gasteiger charge is -2.33. The fraction of sp³-hybridized carbons (Fsp3) is 0.560. The van der Waals surface area contributed by atoms with Crippen molar-refractivity contribution in [3.05, 3.63) is 47.6 Å². The molecule has 1 N–H and O–H groups in total. The van der Waals surface area contributed by atoms with Gasteiger partial charge in [0.25, 0.3) is 0 Å². The largest absolute Gasteiger partial charge is 0.506 e. The molecule has 0 radical (unpaired) electrons. The van der Waals surface area contributed by atoms with Crippen molar-refractivity contribution in [2.45, 2.75) is 71.5 Å². The summed E-state index contributed by atoms with van der Waals surface area (Å²) in [5.41, 5.74) is 0.781. The van der Waals surface area contributed by atoms with Crippen molar-refractivity contribution in [3.63, 3.8) is 0 Å². The number of hydrogen-bond acceptors (Lipinski definition) is 5. The van der Waals surface area contributed by atoms with Crippen molar-refractivity contribution in [1.82, 2.24) is 0 Å². The molecule has 0 heterocycles. The molecular formula is C25H36O5. The molecule has 0 aliphatic heterocycles. The van der Waals surface area contributed by atoms with Gasteiger partial charge in [-0.1, -0.05) is 52.2 Å². The first-order chi connectivity index (χ1) is 14.6. The summed E-state index contributed by atoms with van der Waals surface area (Å²) in [5.74, 6) is -0.750. The lowest BCUT2D eigenvalue weighted by atomic mass is 9.92. The maximum atomic E-state index is 13.0. The van der Waals surface area contributed by atoms with Gasteiger partial charge in [-0.15, -0.1) is 0 Å². The molecule has 0 saturated carbocycles. The van der Waals surface area contributed by atoms with E-state index in [-0.39, 0.29) is 23.5 Å². The van der Waals surface area contributed by atoms with E-state index in [2.05, 4.69) is 20.8 Å². The molecule has 0 fully saturated rings. The summed E-state index contributed by atoms with van der Waals surface area (Å²) >= 11 is 0. The Labute approximate surface area is 180 Å². The van der Waals surface area contributed by atoms with Gasteiger partial charge in [-0.2, -0.15) is 0 Å². The molecule has 1 aromatic carbocycles. The molecule has 166 valence electrons. The van der Waals surface area contributed by atoms with Crippen molar-refractivity contribution >= 4 is 11.5 Å². The highest BCUT2D eigenvalue weighted by Gasteiger charge is 2.37. The molecule has 2 rings (SSSR count). The maximum absolute atomic E-state index is 13.0. The summed E-state index contributed by atoms with van der Waals surface area (Å²) < 4.78 is 17.8. The highest BCUT2D eigenvalue weighted by atomic mass is 16.7. The van der Waals surface area contributed by atoms with Crippen molar-refractivity contribution < 1.29 is 24.1 Å². The zero-order valence-corrected chi connectivity index (χ0v) is 18.6. The average Bonchev–Trinajstić information content (AvgIpc) is 2.74. The Bertz CT molecular complexity index is 725. The number of benzene rings is 1. The summed E-state index contributed by atoms with van der Waals surface area (Å²) in [4.78, 5) is 13.0. The van der Waals surface area contributed by atoms with E-state index in [0.717, 1.165) is 38.5 Å². The maximum Gasteiger partial charge on any atom is 0.195 e. The predicted octanol–water partition coefficient (Wildman–Crippen LogP) is 5.99. The third-order valence-electron chi connectivity index (χ3n) is 5.05. The highest BCUT2D eigenvalue weighted by molar-refractivity contribution is 6.05. The van der Waals surface area contributed by atoms with E-state index < -0.39 is 5.79 Å². The monoisotopic (exact) mass is 416 g/mol. The van der Waals surface area contributed by atoms with E-state index in [0.29, 0.717) is 31.1 Å². The van der Waals surface area contributed by atoms with Gasteiger partial charge in [0, 0.05) is 0 Å². The summed E-state index contributed by atoms with van der Waals surface area (Å²) in [7, 11) is 0. The van der Waals surface area contributed by atoms with Crippen LogP contribution >= 0.6 is 0 Å². The number of rotatable bonds is 13. The Hall–Kier alpha value is -2.11. The summed E-state index contributed by atoms with van der Waals surface area (Å²) in [6.07, 6.45) is 9.20. The molecular weight excluding hydrogens is 380 g/mol. The van der Waals surface area contributed by atoms with Gasteiger partial charge in [0.2, 0.25) is 0 Å². The van der Waals surface area contributed by atoms with E-state index in [1.54, 1.807) is 18.2 Å². The van der Waals surface area contributed by atoms with Gasteiger partial charge >= 0.3 is 0 Å². The topological polar surface area (TPSA) is 65.0 Å². The molecule has 0 aromatic heterocycles. The SMILES string of the molecule is CCCCOc1ccccc1C(O)=C1C=CC(OCCCC)(OCCCC)CC1=O. The minimum Gasteiger partial charge on any atom is -0.506 e. The van der Waals surface area contributed by atoms with Crippen molar-refractivity contribution in [3.8, 4) is 5.75 Å². The standard InChI is InChI=1S/C25H36O5/c1-4-7-16-28-23-13-11-10-12-21(23)24(27)20-14-15-25(19-22(20)26,29-17-8-5-2)30-18-9-6-3/h10-15,27H,4-9,16-19H2,1-3H3. The number of ether oxygens (including phenoxy) is 3. The van der Waals surface area contributed by atoms with Gasteiger partial charge < -0.3 is 19.3 Å². The summed E-state index contributed by atoms with van der Waals surface area (Å²) in [5, 5.41) is 10.9. The van der Waals surface area contributed by atoms with Gasteiger partial charge in [0.1, 0.15) is 11.5 Å². The van der Waals surface area contributed by atoms with Crippen LogP contribution in [-0.4, -0.2) is 36.5 Å². The molecule has 1 aliphatic carbocycles. The highest BCUT2D eigenvalue weighted by Crippen LogP contribution is 2.34. The van der Waals surface area contributed by atoms with Crippen LogP contribution in [-0.2, 0) is 14.3 Å². The van der Waals surface area contributed by atoms with E-state index in [1.165, 1.54) is 0 Å². The van der Waals surface area contributed by atoms with Gasteiger partial charge in [-0.3, -0.25) is 4.79 Å². The summed E-state index contributed by atoms with van der Waals surface area (Å²) in [6, 6.07) is 7.25. The minimum absolute atomic E-state index is 0.0508. The van der Waals surface area contributed by atoms with Crippen LogP contribution in [0.1, 0.15) is 71.3 Å². The van der Waals surface area contributed by atoms with Gasteiger partial charge in [0.05, 0.1) is 37.4 Å². The molecule has 30 heavy (non-hydrogen) atoms. The number of aliphatic hydroxyl groups is 1. The van der Waals surface area contributed by atoms with Crippen molar-refractivity contribution in [2.75, 3.05) is 19.8 Å². The quantitative estimate of drug-likeness (QED) is 0.185. The lowest BCUT2D eigenvalue weighted by Crippen LogP contribution is -2.40. The molecule has 0 spiro atoms. The number of carbonyl (C=O) groups is 1. The van der Waals surface area contributed by atoms with E-state index >= 15 is 0 Å². The molecule has 0 saturated heterocycles. The van der Waals surface area contributed by atoms with Crippen LogP contribution in [0, 0.1) is 0 Å². The first-order valence-electron chi connectivity index (χ1n) is 11.2. The van der Waals surface area contributed by atoms with Gasteiger partial charge in [-0.05, 0) is 43.5 Å². The molecule has 1 aliphatic rings. The first-order valence-corrected chi connectivity index (χ1v) is 11.2. The van der Waals surface area contributed by atoms with Crippen LogP contribution in [0.5, 0.6) is 5.75 Å². The van der Waals surface area contributed by atoms with Crippen LogP contribution in [0.25, 0.3) is 5.76 Å². The lowest BCUT2D eigenvalue weighted by molar-refractivity contribution is -0.208. The van der Waals surface area contributed by atoms with E-state index in [9.17, 15) is 9.90 Å². The Morgan fingerprint density at radius 1 is 0.967 bits per heavy atom. The van der Waals surface area contributed by atoms with Crippen LogP contribution in [0.2, 0.25) is 0 Å². The fourth-order valence-electron chi connectivity index (χ4n) is 3.17. The van der Waals surface area contributed by atoms with E-state index in [4.69, 9.17) is 14.2 Å². The number of para-hydroxylation sites is 1.